The number of hydroxylamine groups is 1. The highest BCUT2D eigenvalue weighted by Crippen LogP contribution is 2.03. The molecule has 0 aliphatic rings. The van der Waals surface area contributed by atoms with Gasteiger partial charge in [-0.25, -0.2) is 27.1 Å². The average Bonchev–Trinajstić information content (AvgIpc) is 2.66. The Hall–Kier alpha value is -2.17. The van der Waals surface area contributed by atoms with Crippen LogP contribution in [-0.4, -0.2) is 97.2 Å². The van der Waals surface area contributed by atoms with Gasteiger partial charge in [-0.15, -0.1) is 0 Å². The van der Waals surface area contributed by atoms with Crippen LogP contribution in [0.5, 0.6) is 0 Å². The van der Waals surface area contributed by atoms with Gasteiger partial charge in [-0.05, 0) is 13.2 Å². The highest BCUT2D eigenvalue weighted by molar-refractivity contribution is 7.98. The Morgan fingerprint density at radius 3 is 1.29 bits per heavy atom. The van der Waals surface area contributed by atoms with Gasteiger partial charge in [0.1, 0.15) is 19.7 Å². The molecule has 1 amide bonds. The number of aliphatic carboxylic acids is 3. The van der Waals surface area contributed by atoms with Crippen LogP contribution in [0.25, 0.3) is 0 Å². The molecule has 16 heteroatoms. The van der Waals surface area contributed by atoms with Gasteiger partial charge in [0.15, 0.2) is 0 Å². The van der Waals surface area contributed by atoms with Crippen LogP contribution < -0.4 is 5.48 Å². The molecule has 0 aromatic heterocycles. The van der Waals surface area contributed by atoms with E-state index in [9.17, 15) is 36.0 Å². The van der Waals surface area contributed by atoms with Crippen LogP contribution in [-0.2, 0) is 38.9 Å². The zero-order chi connectivity index (χ0) is 29.2. The van der Waals surface area contributed by atoms with E-state index in [0.717, 1.165) is 12.5 Å². The SMILES string of the molecule is C=C(C)C(=O)O.CC(CS(C)(=O)=O)C(=O)NO.CC(CS(C)(=O)=O)C(=O)O.CSCC(C)C(=O)O. The molecular formula is C19H37NO12S3. The normalized spacial score (nSPS) is 12.9. The summed E-state index contributed by atoms with van der Waals surface area (Å²) in [5.74, 6) is -4.97. The zero-order valence-electron chi connectivity index (χ0n) is 20.8. The highest BCUT2D eigenvalue weighted by atomic mass is 32.2. The molecule has 3 atom stereocenters. The molecule has 0 saturated heterocycles. The molecule has 0 bridgehead atoms. The lowest BCUT2D eigenvalue weighted by molar-refractivity contribution is -0.141. The van der Waals surface area contributed by atoms with Gasteiger partial charge in [-0.1, -0.05) is 27.4 Å². The van der Waals surface area contributed by atoms with Crippen LogP contribution >= 0.6 is 11.8 Å². The molecule has 0 fully saturated rings. The maximum atomic E-state index is 10.6. The molecule has 0 spiro atoms. The number of hydrogen-bond acceptors (Lipinski definition) is 10. The lowest BCUT2D eigenvalue weighted by Crippen LogP contribution is -2.30. The summed E-state index contributed by atoms with van der Waals surface area (Å²) in [5.41, 5.74) is 1.56. The average molecular weight is 568 g/mol. The van der Waals surface area contributed by atoms with Crippen molar-refractivity contribution in [1.82, 2.24) is 5.48 Å². The van der Waals surface area contributed by atoms with Crippen molar-refractivity contribution in [3.8, 4) is 0 Å². The standard InChI is InChI=1S/C5H11NO4S.C5H10O4S.C5H10O2S.C4H6O2/c1-4(5(7)6-8)3-11(2,9)10;1-4(5(6)7)3-10(2,8)9;1-4(3-8-2)5(6)7;1-3(2)4(5)6/h4,8H,3H2,1-2H3,(H,6,7);4H,3H2,1-2H3,(H,6,7);4H,3H2,1-2H3,(H,6,7);1H2,2H3,(H,5,6). The lowest BCUT2D eigenvalue weighted by Gasteiger charge is -2.05. The summed E-state index contributed by atoms with van der Waals surface area (Å²) in [7, 11) is -6.30. The van der Waals surface area contributed by atoms with Gasteiger partial charge in [-0.3, -0.25) is 19.6 Å². The van der Waals surface area contributed by atoms with Crippen molar-refractivity contribution < 1.29 is 56.5 Å². The monoisotopic (exact) mass is 567 g/mol. The maximum absolute atomic E-state index is 10.6. The van der Waals surface area contributed by atoms with Crippen molar-refractivity contribution in [2.24, 2.45) is 17.8 Å². The van der Waals surface area contributed by atoms with Gasteiger partial charge in [0.25, 0.3) is 0 Å². The first-order valence-electron chi connectivity index (χ1n) is 9.64. The van der Waals surface area contributed by atoms with E-state index < -0.39 is 55.3 Å². The number of sulfone groups is 2. The summed E-state index contributed by atoms with van der Waals surface area (Å²) in [6.07, 6.45) is 3.96. The molecule has 0 aliphatic heterocycles. The van der Waals surface area contributed by atoms with E-state index in [2.05, 4.69) is 6.58 Å². The third kappa shape index (κ3) is 34.1. The number of carbonyl (C=O) groups excluding carboxylic acids is 1. The number of carboxylic acids is 3. The van der Waals surface area contributed by atoms with E-state index in [1.54, 1.807) is 18.7 Å². The summed E-state index contributed by atoms with van der Waals surface area (Å²) in [4.78, 5) is 40.4. The van der Waals surface area contributed by atoms with E-state index in [1.165, 1.54) is 26.3 Å². The summed E-state index contributed by atoms with van der Waals surface area (Å²) in [6, 6.07) is 0. The van der Waals surface area contributed by atoms with E-state index in [0.29, 0.717) is 5.75 Å². The molecule has 0 aromatic rings. The van der Waals surface area contributed by atoms with Crippen molar-refractivity contribution in [3.63, 3.8) is 0 Å². The van der Waals surface area contributed by atoms with Crippen LogP contribution in [0, 0.1) is 17.8 Å². The second-order valence-corrected chi connectivity index (χ2v) is 12.9. The van der Waals surface area contributed by atoms with Gasteiger partial charge >= 0.3 is 17.9 Å². The summed E-state index contributed by atoms with van der Waals surface area (Å²) >= 11 is 1.56. The third-order valence-corrected chi connectivity index (χ3v) is 6.33. The molecule has 5 N–H and O–H groups in total. The van der Waals surface area contributed by atoms with Gasteiger partial charge in [0, 0.05) is 23.8 Å². The predicted molar refractivity (Wildman–Crippen MR) is 133 cm³/mol. The Morgan fingerprint density at radius 2 is 1.14 bits per heavy atom. The van der Waals surface area contributed by atoms with E-state index >= 15 is 0 Å². The van der Waals surface area contributed by atoms with Crippen molar-refractivity contribution in [2.45, 2.75) is 27.7 Å². The fourth-order valence-corrected chi connectivity index (χ4v) is 4.24. The molecule has 35 heavy (non-hydrogen) atoms. The van der Waals surface area contributed by atoms with Crippen LogP contribution in [0.4, 0.5) is 0 Å². The Bertz CT molecular complexity index is 886. The minimum Gasteiger partial charge on any atom is -0.481 e. The Balaban J connectivity index is -0.000000187. The molecule has 0 radical (unpaired) electrons. The molecule has 0 rings (SSSR count). The van der Waals surface area contributed by atoms with Crippen molar-refractivity contribution in [2.75, 3.05) is 36.0 Å². The largest absolute Gasteiger partial charge is 0.481 e. The zero-order valence-corrected chi connectivity index (χ0v) is 23.3. The molecular weight excluding hydrogens is 530 g/mol. The van der Waals surface area contributed by atoms with Gasteiger partial charge in [0.05, 0.1) is 29.3 Å². The highest BCUT2D eigenvalue weighted by Gasteiger charge is 2.17. The van der Waals surface area contributed by atoms with Crippen LogP contribution in [0.3, 0.4) is 0 Å². The third-order valence-electron chi connectivity index (χ3n) is 3.29. The summed E-state index contributed by atoms with van der Waals surface area (Å²) in [6.45, 7) is 9.10. The molecule has 3 unspecified atom stereocenters. The number of amides is 1. The first-order valence-corrected chi connectivity index (χ1v) is 15.2. The number of nitrogens with one attached hydrogen (secondary N) is 1. The van der Waals surface area contributed by atoms with Crippen molar-refractivity contribution in [3.05, 3.63) is 12.2 Å². The second-order valence-electron chi connectivity index (χ2n) is 7.58. The fourth-order valence-electron chi connectivity index (χ4n) is 1.49. The summed E-state index contributed by atoms with van der Waals surface area (Å²) < 4.78 is 42.2. The molecule has 13 nitrogen and oxygen atoms in total. The van der Waals surface area contributed by atoms with Gasteiger partial charge in [0.2, 0.25) is 5.91 Å². The summed E-state index contributed by atoms with van der Waals surface area (Å²) in [5, 5.41) is 32.6. The molecule has 0 heterocycles. The fraction of sp³-hybridized carbons (Fsp3) is 0.684. The Morgan fingerprint density at radius 1 is 0.829 bits per heavy atom. The van der Waals surface area contributed by atoms with Crippen molar-refractivity contribution in [1.29, 1.82) is 0 Å². The number of carboxylic acid groups (broad SMARTS) is 3. The van der Waals surface area contributed by atoms with E-state index in [-0.39, 0.29) is 23.0 Å². The molecule has 0 saturated carbocycles. The Labute approximate surface area is 210 Å². The molecule has 0 aliphatic carbocycles. The van der Waals surface area contributed by atoms with Crippen LogP contribution in [0.15, 0.2) is 12.2 Å². The molecule has 0 aromatic carbocycles. The number of carbonyl (C=O) groups is 4. The first kappa shape index (κ1) is 40.0. The first-order chi connectivity index (χ1) is 15.5. The second kappa shape index (κ2) is 20.1. The van der Waals surface area contributed by atoms with Gasteiger partial charge < -0.3 is 15.3 Å². The lowest BCUT2D eigenvalue weighted by atomic mass is 10.2. The smallest absolute Gasteiger partial charge is 0.330 e. The van der Waals surface area contributed by atoms with Gasteiger partial charge in [-0.2, -0.15) is 11.8 Å². The van der Waals surface area contributed by atoms with E-state index in [1.807, 2.05) is 6.26 Å². The number of thioether (sulfide) groups is 1. The number of hydrogen-bond donors (Lipinski definition) is 5. The van der Waals surface area contributed by atoms with Crippen molar-refractivity contribution >= 4 is 55.3 Å². The Kier molecular flexibility index (Phi) is 22.9. The topological polar surface area (TPSA) is 230 Å². The minimum absolute atomic E-state index is 0.176. The predicted octanol–water partition coefficient (Wildman–Crippen LogP) is 0.641. The molecule has 208 valence electrons. The van der Waals surface area contributed by atoms with Crippen LogP contribution in [0.1, 0.15) is 27.7 Å². The van der Waals surface area contributed by atoms with Crippen LogP contribution in [0.2, 0.25) is 0 Å². The minimum atomic E-state index is -3.15. The van der Waals surface area contributed by atoms with E-state index in [4.69, 9.17) is 20.5 Å². The maximum Gasteiger partial charge on any atom is 0.330 e. The number of rotatable bonds is 10. The quantitative estimate of drug-likeness (QED) is 0.139.